The van der Waals surface area contributed by atoms with Crippen molar-refractivity contribution in [3.8, 4) is 5.88 Å². The topological polar surface area (TPSA) is 71.5 Å². The van der Waals surface area contributed by atoms with Gasteiger partial charge in [-0.2, -0.15) is 0 Å². The van der Waals surface area contributed by atoms with Crippen LogP contribution in [0.4, 0.5) is 0 Å². The molecule has 0 aliphatic rings. The molecular formula is C10H17N3O3S. The van der Waals surface area contributed by atoms with Gasteiger partial charge >= 0.3 is 0 Å². The minimum atomic E-state index is -3.42. The van der Waals surface area contributed by atoms with Crippen molar-refractivity contribution in [2.24, 2.45) is 0 Å². The predicted octanol–water partition coefficient (Wildman–Crippen LogP) is -0.0699. The van der Waals surface area contributed by atoms with E-state index in [1.165, 1.54) is 26.4 Å². The first-order chi connectivity index (χ1) is 7.98. The van der Waals surface area contributed by atoms with Crippen LogP contribution in [0.3, 0.4) is 0 Å². The summed E-state index contributed by atoms with van der Waals surface area (Å²) >= 11 is 0. The normalized spacial score (nSPS) is 11.8. The van der Waals surface area contributed by atoms with Crippen molar-refractivity contribution >= 4 is 10.0 Å². The van der Waals surface area contributed by atoms with Crippen LogP contribution in [0.5, 0.6) is 5.88 Å². The minimum Gasteiger partial charge on any atom is -0.476 e. The third-order valence-corrected chi connectivity index (χ3v) is 3.89. The molecule has 0 aliphatic heterocycles. The monoisotopic (exact) mass is 259 g/mol. The second kappa shape index (κ2) is 5.95. The van der Waals surface area contributed by atoms with E-state index in [9.17, 15) is 8.42 Å². The van der Waals surface area contributed by atoms with Gasteiger partial charge in [0.15, 0.2) is 0 Å². The number of sulfonamides is 1. The first-order valence-electron chi connectivity index (χ1n) is 5.14. The fourth-order valence-corrected chi connectivity index (χ4v) is 1.92. The van der Waals surface area contributed by atoms with Gasteiger partial charge in [0, 0.05) is 26.7 Å². The smallest absolute Gasteiger partial charge is 0.244 e. The van der Waals surface area contributed by atoms with E-state index in [0.717, 1.165) is 4.31 Å². The van der Waals surface area contributed by atoms with Gasteiger partial charge in [-0.05, 0) is 13.1 Å². The van der Waals surface area contributed by atoms with Crippen LogP contribution >= 0.6 is 0 Å². The molecule has 0 aromatic carbocycles. The molecule has 1 N–H and O–H groups in total. The molecule has 0 atom stereocenters. The zero-order valence-corrected chi connectivity index (χ0v) is 11.0. The molecule has 0 unspecified atom stereocenters. The van der Waals surface area contributed by atoms with Crippen LogP contribution in [0.2, 0.25) is 0 Å². The quantitative estimate of drug-likeness (QED) is 0.724. The Balaban J connectivity index is 2.75. The third kappa shape index (κ3) is 3.65. The maximum atomic E-state index is 11.7. The Kier molecular flexibility index (Phi) is 4.86. The van der Waals surface area contributed by atoms with Gasteiger partial charge in [0.05, 0.1) is 6.20 Å². The van der Waals surface area contributed by atoms with Crippen molar-refractivity contribution < 1.29 is 13.2 Å². The number of nitrogens with zero attached hydrogens (tertiary/aromatic N) is 2. The molecule has 1 rings (SSSR count). The molecule has 0 amide bonds. The number of aromatic nitrogens is 1. The summed E-state index contributed by atoms with van der Waals surface area (Å²) < 4.78 is 29.9. The molecule has 96 valence electrons. The molecule has 6 nitrogen and oxygen atoms in total. The molecule has 0 aliphatic carbocycles. The van der Waals surface area contributed by atoms with Gasteiger partial charge in [-0.3, -0.25) is 0 Å². The summed E-state index contributed by atoms with van der Waals surface area (Å²) in [7, 11) is 1.36. The fraction of sp³-hybridized carbons (Fsp3) is 0.500. The van der Waals surface area contributed by atoms with Gasteiger partial charge in [-0.15, -0.1) is 0 Å². The van der Waals surface area contributed by atoms with Crippen LogP contribution < -0.4 is 10.1 Å². The average molecular weight is 259 g/mol. The number of rotatable bonds is 6. The van der Waals surface area contributed by atoms with E-state index in [2.05, 4.69) is 10.3 Å². The summed E-state index contributed by atoms with van der Waals surface area (Å²) in [6.45, 7) is 1.20. The lowest BCUT2D eigenvalue weighted by molar-refractivity contribution is 0.306. The number of nitrogens with one attached hydrogen (secondary N) is 1. The van der Waals surface area contributed by atoms with Crippen molar-refractivity contribution in [2.45, 2.75) is 4.90 Å². The lowest BCUT2D eigenvalue weighted by atomic mass is 10.5. The zero-order chi connectivity index (χ0) is 12.9. The highest BCUT2D eigenvalue weighted by atomic mass is 32.2. The summed E-state index contributed by atoms with van der Waals surface area (Å²) in [4.78, 5) is 4.10. The molecule has 0 fully saturated rings. The van der Waals surface area contributed by atoms with E-state index >= 15 is 0 Å². The van der Waals surface area contributed by atoms with Crippen LogP contribution in [-0.4, -0.2) is 52.0 Å². The average Bonchev–Trinajstić information content (AvgIpc) is 2.30. The summed E-state index contributed by atoms with van der Waals surface area (Å²) in [5.74, 6) is 0.415. The van der Waals surface area contributed by atoms with Crippen molar-refractivity contribution in [1.82, 2.24) is 14.6 Å². The van der Waals surface area contributed by atoms with Crippen LogP contribution in [0, 0.1) is 0 Å². The van der Waals surface area contributed by atoms with Crippen molar-refractivity contribution in [3.63, 3.8) is 0 Å². The van der Waals surface area contributed by atoms with Crippen LogP contribution in [0.25, 0.3) is 0 Å². The number of ether oxygens (including phenoxy) is 1. The molecule has 7 heteroatoms. The van der Waals surface area contributed by atoms with Crippen LogP contribution in [0.1, 0.15) is 0 Å². The maximum absolute atomic E-state index is 11.7. The fourth-order valence-electron chi connectivity index (χ4n) is 1.07. The molecule has 1 aromatic heterocycles. The highest BCUT2D eigenvalue weighted by molar-refractivity contribution is 7.89. The molecule has 0 saturated carbocycles. The first kappa shape index (κ1) is 13.9. The maximum Gasteiger partial charge on any atom is 0.244 e. The van der Waals surface area contributed by atoms with Crippen molar-refractivity contribution in [3.05, 3.63) is 18.3 Å². The Morgan fingerprint density at radius 1 is 1.41 bits per heavy atom. The van der Waals surface area contributed by atoms with Crippen molar-refractivity contribution in [1.29, 1.82) is 0 Å². The molecule has 0 radical (unpaired) electrons. The van der Waals surface area contributed by atoms with E-state index in [1.54, 1.807) is 6.07 Å². The van der Waals surface area contributed by atoms with Crippen LogP contribution in [-0.2, 0) is 10.0 Å². The van der Waals surface area contributed by atoms with Gasteiger partial charge in [-0.25, -0.2) is 17.7 Å². The van der Waals surface area contributed by atoms with E-state index in [-0.39, 0.29) is 4.90 Å². The van der Waals surface area contributed by atoms with E-state index in [1.807, 2.05) is 7.05 Å². The zero-order valence-electron chi connectivity index (χ0n) is 10.2. The van der Waals surface area contributed by atoms with Gasteiger partial charge in [-0.1, -0.05) is 0 Å². The van der Waals surface area contributed by atoms with E-state index in [4.69, 9.17) is 4.74 Å². The van der Waals surface area contributed by atoms with Gasteiger partial charge < -0.3 is 10.1 Å². The van der Waals surface area contributed by atoms with Gasteiger partial charge in [0.1, 0.15) is 11.5 Å². The Morgan fingerprint density at radius 2 is 2.12 bits per heavy atom. The molecule has 0 bridgehead atoms. The minimum absolute atomic E-state index is 0.156. The molecular weight excluding hydrogens is 242 g/mol. The third-order valence-electron chi connectivity index (χ3n) is 2.09. The summed E-state index contributed by atoms with van der Waals surface area (Å²) in [5, 5.41) is 2.93. The summed E-state index contributed by atoms with van der Waals surface area (Å²) in [6, 6.07) is 3.03. The predicted molar refractivity (Wildman–Crippen MR) is 64.5 cm³/mol. The van der Waals surface area contributed by atoms with Crippen LogP contribution in [0.15, 0.2) is 23.2 Å². The summed E-state index contributed by atoms with van der Waals surface area (Å²) in [6.07, 6.45) is 1.30. The molecule has 17 heavy (non-hydrogen) atoms. The standard InChI is InChI=1S/C10H17N3O3S/c1-11-6-7-16-10-5-4-9(8-12-10)17(14,15)13(2)3/h4-5,8,11H,6-7H2,1-3H3. The summed E-state index contributed by atoms with van der Waals surface area (Å²) in [5.41, 5.74) is 0. The second-order valence-corrected chi connectivity index (χ2v) is 5.72. The van der Waals surface area contributed by atoms with Gasteiger partial charge in [0.25, 0.3) is 0 Å². The van der Waals surface area contributed by atoms with E-state index < -0.39 is 10.0 Å². The van der Waals surface area contributed by atoms with Gasteiger partial charge in [0.2, 0.25) is 15.9 Å². The number of pyridine rings is 1. The Labute approximate surface area is 102 Å². The van der Waals surface area contributed by atoms with E-state index in [0.29, 0.717) is 19.0 Å². The molecule has 1 aromatic rings. The lowest BCUT2D eigenvalue weighted by Gasteiger charge is -2.11. The number of likely N-dealkylation sites (N-methyl/N-ethyl adjacent to an activating group) is 1. The Morgan fingerprint density at radius 3 is 2.59 bits per heavy atom. The van der Waals surface area contributed by atoms with Crippen molar-refractivity contribution in [2.75, 3.05) is 34.3 Å². The Hall–Kier alpha value is -1.18. The number of hydrogen-bond acceptors (Lipinski definition) is 5. The Bertz CT molecular complexity index is 442. The number of hydrogen-bond donors (Lipinski definition) is 1. The second-order valence-electron chi connectivity index (χ2n) is 3.57. The molecule has 0 saturated heterocycles. The highest BCUT2D eigenvalue weighted by Crippen LogP contribution is 2.14. The SMILES string of the molecule is CNCCOc1ccc(S(=O)(=O)N(C)C)cn1. The molecule has 1 heterocycles. The first-order valence-corrected chi connectivity index (χ1v) is 6.58. The highest BCUT2D eigenvalue weighted by Gasteiger charge is 2.17. The largest absolute Gasteiger partial charge is 0.476 e. The molecule has 0 spiro atoms. The lowest BCUT2D eigenvalue weighted by Crippen LogP contribution is -2.22.